The Morgan fingerprint density at radius 2 is 2.00 bits per heavy atom. The number of sulfone groups is 1. The molecule has 0 spiro atoms. The van der Waals surface area contributed by atoms with E-state index in [2.05, 4.69) is 0 Å². The zero-order chi connectivity index (χ0) is 16.9. The van der Waals surface area contributed by atoms with Gasteiger partial charge in [0.1, 0.15) is 15.6 Å². The Bertz CT molecular complexity index is 634. The number of aryl methyl sites for hydroxylation is 1. The number of ether oxygens (including phenoxy) is 1. The lowest BCUT2D eigenvalue weighted by molar-refractivity contribution is -0.132. The second-order valence-electron chi connectivity index (χ2n) is 6.27. The van der Waals surface area contributed by atoms with Gasteiger partial charge in [-0.3, -0.25) is 4.79 Å². The van der Waals surface area contributed by atoms with Crippen LogP contribution in [0.4, 0.5) is 0 Å². The van der Waals surface area contributed by atoms with Crippen LogP contribution in [0.3, 0.4) is 0 Å². The highest BCUT2D eigenvalue weighted by Crippen LogP contribution is 2.20. The summed E-state index contributed by atoms with van der Waals surface area (Å²) in [6, 6.07) is 7.76. The zero-order valence-corrected chi connectivity index (χ0v) is 14.6. The quantitative estimate of drug-likeness (QED) is 0.794. The molecule has 1 aromatic carbocycles. The van der Waals surface area contributed by atoms with E-state index in [1.165, 1.54) is 6.26 Å². The van der Waals surface area contributed by atoms with Crippen molar-refractivity contribution in [3.63, 3.8) is 0 Å². The van der Waals surface area contributed by atoms with Crippen molar-refractivity contribution < 1.29 is 17.9 Å². The second-order valence-corrected chi connectivity index (χ2v) is 8.45. The van der Waals surface area contributed by atoms with Crippen LogP contribution in [0.25, 0.3) is 0 Å². The maximum atomic E-state index is 12.3. The van der Waals surface area contributed by atoms with Crippen molar-refractivity contribution in [2.75, 3.05) is 32.2 Å². The van der Waals surface area contributed by atoms with Gasteiger partial charge in [-0.05, 0) is 42.9 Å². The maximum absolute atomic E-state index is 12.3. The summed E-state index contributed by atoms with van der Waals surface area (Å²) in [5.41, 5.74) is 1.09. The van der Waals surface area contributed by atoms with E-state index in [9.17, 15) is 13.2 Å². The van der Waals surface area contributed by atoms with E-state index >= 15 is 0 Å². The van der Waals surface area contributed by atoms with Gasteiger partial charge in [-0.15, -0.1) is 0 Å². The third-order valence-corrected chi connectivity index (χ3v) is 5.34. The van der Waals surface area contributed by atoms with Crippen LogP contribution in [0, 0.1) is 5.92 Å². The van der Waals surface area contributed by atoms with Gasteiger partial charge in [0.2, 0.25) is 5.91 Å². The number of carbonyl (C=O) groups excluding carboxylic acids is 1. The average molecular weight is 339 g/mol. The van der Waals surface area contributed by atoms with Gasteiger partial charge >= 0.3 is 0 Å². The number of likely N-dealkylation sites (tertiary alicyclic amines) is 1. The van der Waals surface area contributed by atoms with Crippen LogP contribution in [0.15, 0.2) is 24.3 Å². The fourth-order valence-corrected chi connectivity index (χ4v) is 4.20. The zero-order valence-electron chi connectivity index (χ0n) is 13.8. The Labute approximate surface area is 138 Å². The number of methoxy groups -OCH3 is 1. The summed E-state index contributed by atoms with van der Waals surface area (Å²) < 4.78 is 27.9. The Hall–Kier alpha value is -1.56. The van der Waals surface area contributed by atoms with Crippen molar-refractivity contribution in [1.82, 2.24) is 4.90 Å². The lowest BCUT2D eigenvalue weighted by Crippen LogP contribution is -2.39. The van der Waals surface area contributed by atoms with Gasteiger partial charge in [0.05, 0.1) is 12.9 Å². The van der Waals surface area contributed by atoms with E-state index in [1.807, 2.05) is 29.2 Å². The third kappa shape index (κ3) is 5.86. The molecular formula is C17H25NO4S. The number of benzene rings is 1. The maximum Gasteiger partial charge on any atom is 0.222 e. The molecule has 0 saturated carbocycles. The fourth-order valence-electron chi connectivity index (χ4n) is 3.01. The highest BCUT2D eigenvalue weighted by Gasteiger charge is 2.24. The molecule has 0 unspecified atom stereocenters. The van der Waals surface area contributed by atoms with Crippen molar-refractivity contribution >= 4 is 15.7 Å². The summed E-state index contributed by atoms with van der Waals surface area (Å²) in [6.45, 7) is 1.33. The molecule has 1 saturated heterocycles. The van der Waals surface area contributed by atoms with Crippen LogP contribution < -0.4 is 4.74 Å². The van der Waals surface area contributed by atoms with Crippen LogP contribution in [0.1, 0.15) is 24.8 Å². The monoisotopic (exact) mass is 339 g/mol. The number of nitrogens with zero attached hydrogens (tertiary/aromatic N) is 1. The van der Waals surface area contributed by atoms with Crippen LogP contribution >= 0.6 is 0 Å². The van der Waals surface area contributed by atoms with Gasteiger partial charge in [-0.25, -0.2) is 8.42 Å². The summed E-state index contributed by atoms with van der Waals surface area (Å²) in [7, 11) is -1.30. The molecule has 1 amide bonds. The number of carbonyl (C=O) groups is 1. The molecule has 1 aromatic rings. The van der Waals surface area contributed by atoms with Gasteiger partial charge in [0, 0.05) is 25.8 Å². The van der Waals surface area contributed by atoms with Gasteiger partial charge in [-0.2, -0.15) is 0 Å². The normalized spacial score (nSPS) is 16.3. The van der Waals surface area contributed by atoms with Crippen LogP contribution in [0.2, 0.25) is 0 Å². The Balaban J connectivity index is 1.79. The summed E-state index contributed by atoms with van der Waals surface area (Å²) in [5.74, 6) is 1.37. The molecule has 0 N–H and O–H groups in total. The van der Waals surface area contributed by atoms with Gasteiger partial charge in [0.15, 0.2) is 0 Å². The molecule has 5 nitrogen and oxygen atoms in total. The molecule has 23 heavy (non-hydrogen) atoms. The minimum Gasteiger partial charge on any atom is -0.497 e. The third-order valence-electron chi connectivity index (χ3n) is 4.27. The molecule has 1 heterocycles. The summed E-state index contributed by atoms with van der Waals surface area (Å²) in [4.78, 5) is 14.2. The summed E-state index contributed by atoms with van der Waals surface area (Å²) in [5, 5.41) is 0. The number of rotatable bonds is 6. The lowest BCUT2D eigenvalue weighted by atomic mass is 9.98. The smallest absolute Gasteiger partial charge is 0.222 e. The van der Waals surface area contributed by atoms with E-state index < -0.39 is 9.84 Å². The highest BCUT2D eigenvalue weighted by molar-refractivity contribution is 7.90. The molecule has 6 heteroatoms. The predicted octanol–water partition coefficient (Wildman–Crippen LogP) is 1.91. The first-order chi connectivity index (χ1) is 10.9. The van der Waals surface area contributed by atoms with E-state index in [-0.39, 0.29) is 17.6 Å². The summed E-state index contributed by atoms with van der Waals surface area (Å²) >= 11 is 0. The van der Waals surface area contributed by atoms with Crippen molar-refractivity contribution in [2.45, 2.75) is 25.7 Å². The minimum absolute atomic E-state index is 0.144. The molecule has 2 rings (SSSR count). The standard InChI is InChI=1S/C17H25NO4S/c1-22-16-5-3-4-14(12-16)6-7-17(19)18-10-8-15(9-11-18)13-23(2,20)21/h3-5,12,15H,6-11,13H2,1-2H3. The van der Waals surface area contributed by atoms with E-state index in [4.69, 9.17) is 4.74 Å². The molecule has 0 atom stereocenters. The highest BCUT2D eigenvalue weighted by atomic mass is 32.2. The Kier molecular flexibility index (Phi) is 6.04. The first-order valence-electron chi connectivity index (χ1n) is 7.96. The topological polar surface area (TPSA) is 63.7 Å². The Morgan fingerprint density at radius 3 is 2.61 bits per heavy atom. The fraction of sp³-hybridized carbons (Fsp3) is 0.588. The van der Waals surface area contributed by atoms with Crippen molar-refractivity contribution in [3.05, 3.63) is 29.8 Å². The predicted molar refractivity (Wildman–Crippen MR) is 90.3 cm³/mol. The van der Waals surface area contributed by atoms with E-state index in [1.54, 1.807) is 7.11 Å². The van der Waals surface area contributed by atoms with Crippen LogP contribution in [-0.2, 0) is 21.1 Å². The minimum atomic E-state index is -2.93. The largest absolute Gasteiger partial charge is 0.497 e. The number of piperidine rings is 1. The number of amides is 1. The first kappa shape index (κ1) is 17.8. The molecule has 0 aromatic heterocycles. The molecule has 128 valence electrons. The molecular weight excluding hydrogens is 314 g/mol. The van der Waals surface area contributed by atoms with Gasteiger partial charge < -0.3 is 9.64 Å². The van der Waals surface area contributed by atoms with Crippen molar-refractivity contribution in [2.24, 2.45) is 5.92 Å². The van der Waals surface area contributed by atoms with Crippen molar-refractivity contribution in [3.8, 4) is 5.75 Å². The molecule has 0 radical (unpaired) electrons. The van der Waals surface area contributed by atoms with E-state index in [0.29, 0.717) is 25.9 Å². The summed E-state index contributed by atoms with van der Waals surface area (Å²) in [6.07, 6.45) is 4.00. The van der Waals surface area contributed by atoms with Crippen LogP contribution in [0.5, 0.6) is 5.75 Å². The molecule has 1 aliphatic heterocycles. The number of hydrogen-bond acceptors (Lipinski definition) is 4. The van der Waals surface area contributed by atoms with Crippen molar-refractivity contribution in [1.29, 1.82) is 0 Å². The molecule has 0 bridgehead atoms. The average Bonchev–Trinajstić information content (AvgIpc) is 2.52. The molecule has 1 fully saturated rings. The van der Waals surface area contributed by atoms with Gasteiger partial charge in [-0.1, -0.05) is 12.1 Å². The second kappa shape index (κ2) is 7.81. The van der Waals surface area contributed by atoms with Crippen LogP contribution in [-0.4, -0.2) is 51.4 Å². The van der Waals surface area contributed by atoms with Gasteiger partial charge in [0.25, 0.3) is 0 Å². The first-order valence-corrected chi connectivity index (χ1v) is 10.0. The molecule has 1 aliphatic rings. The lowest BCUT2D eigenvalue weighted by Gasteiger charge is -2.31. The molecule has 0 aliphatic carbocycles. The van der Waals surface area contributed by atoms with E-state index in [0.717, 1.165) is 24.2 Å². The Morgan fingerprint density at radius 1 is 1.30 bits per heavy atom. The SMILES string of the molecule is COc1cccc(CCC(=O)N2CCC(CS(C)(=O)=O)CC2)c1. The number of hydrogen-bond donors (Lipinski definition) is 0.